The summed E-state index contributed by atoms with van der Waals surface area (Å²) in [5.41, 5.74) is 4.47. The van der Waals surface area contributed by atoms with Crippen molar-refractivity contribution in [3.8, 4) is 16.9 Å². The summed E-state index contributed by atoms with van der Waals surface area (Å²) in [6.45, 7) is 3.66. The second-order valence-corrected chi connectivity index (χ2v) is 8.61. The van der Waals surface area contributed by atoms with Crippen LogP contribution in [0.25, 0.3) is 38.4 Å². The van der Waals surface area contributed by atoms with E-state index in [4.69, 9.17) is 9.15 Å². The quantitative estimate of drug-likeness (QED) is 0.259. The summed E-state index contributed by atoms with van der Waals surface area (Å²) < 4.78 is 39.1. The molecular weight excluding hydrogens is 460 g/mol. The number of amides is 1. The van der Waals surface area contributed by atoms with Crippen molar-refractivity contribution >= 4 is 38.9 Å². The fourth-order valence-electron chi connectivity index (χ4n) is 4.49. The fourth-order valence-corrected chi connectivity index (χ4v) is 4.49. The second-order valence-electron chi connectivity index (χ2n) is 8.61. The molecule has 4 aromatic carbocycles. The Morgan fingerprint density at radius 1 is 1.00 bits per heavy atom. The monoisotopic (exact) mass is 483 g/mol. The molecule has 0 radical (unpaired) electrons. The van der Waals surface area contributed by atoms with Crippen LogP contribution < -0.4 is 10.1 Å². The number of nitrogens with one attached hydrogen (secondary N) is 1. The smallest absolute Gasteiger partial charge is 0.248 e. The molecule has 0 fully saturated rings. The Kier molecular flexibility index (Phi) is 6.02. The molecule has 180 valence electrons. The van der Waals surface area contributed by atoms with Crippen molar-refractivity contribution in [2.75, 3.05) is 12.4 Å². The molecule has 0 bridgehead atoms. The number of hydrogen-bond acceptors (Lipinski definition) is 3. The standard InChI is InChI=1S/C30H23F2NO3/c1-17(12-28(34)33-27-14-22(31)10-11-26(27)32)23-15-24-25(16-36-30(24)18(2)29(23)35-3)21-9-8-19-6-4-5-7-20(19)13-21/h4-16H,1-3H3,(H,33,34)/b17-12+. The molecule has 0 atom stereocenters. The number of ether oxygens (including phenoxy) is 1. The lowest BCUT2D eigenvalue weighted by Gasteiger charge is -2.13. The highest BCUT2D eigenvalue weighted by atomic mass is 19.1. The molecule has 0 saturated carbocycles. The van der Waals surface area contributed by atoms with Gasteiger partial charge in [-0.3, -0.25) is 4.79 Å². The molecule has 1 N–H and O–H groups in total. The van der Waals surface area contributed by atoms with Gasteiger partial charge in [0, 0.05) is 34.2 Å². The van der Waals surface area contributed by atoms with Crippen LogP contribution in [-0.4, -0.2) is 13.0 Å². The van der Waals surface area contributed by atoms with E-state index in [0.29, 0.717) is 22.5 Å². The molecule has 5 aromatic rings. The van der Waals surface area contributed by atoms with Gasteiger partial charge < -0.3 is 14.5 Å². The summed E-state index contributed by atoms with van der Waals surface area (Å²) in [4.78, 5) is 12.6. The number of allylic oxidation sites excluding steroid dienone is 1. The summed E-state index contributed by atoms with van der Waals surface area (Å²) in [7, 11) is 1.56. The molecule has 0 aliphatic rings. The van der Waals surface area contributed by atoms with Crippen molar-refractivity contribution in [3.05, 3.63) is 102 Å². The summed E-state index contributed by atoms with van der Waals surface area (Å²) in [6.07, 6.45) is 3.06. The maximum Gasteiger partial charge on any atom is 0.248 e. The van der Waals surface area contributed by atoms with Gasteiger partial charge in [-0.05, 0) is 60.0 Å². The van der Waals surface area contributed by atoms with Gasteiger partial charge in [0.15, 0.2) is 0 Å². The average molecular weight is 484 g/mol. The molecule has 6 heteroatoms. The third kappa shape index (κ3) is 4.22. The number of anilines is 1. The molecule has 0 unspecified atom stereocenters. The van der Waals surface area contributed by atoms with E-state index in [0.717, 1.165) is 51.0 Å². The van der Waals surface area contributed by atoms with Gasteiger partial charge in [0.05, 0.1) is 19.1 Å². The number of halogens is 2. The summed E-state index contributed by atoms with van der Waals surface area (Å²) in [5.74, 6) is -1.38. The first-order valence-electron chi connectivity index (χ1n) is 11.4. The first-order chi connectivity index (χ1) is 17.4. The molecule has 0 saturated heterocycles. The Hall–Kier alpha value is -4.45. The van der Waals surface area contributed by atoms with E-state index in [9.17, 15) is 13.6 Å². The normalized spacial score (nSPS) is 11.8. The van der Waals surface area contributed by atoms with Crippen LogP contribution in [0.5, 0.6) is 5.75 Å². The van der Waals surface area contributed by atoms with Gasteiger partial charge in [-0.2, -0.15) is 0 Å². The van der Waals surface area contributed by atoms with Crippen molar-refractivity contribution in [2.24, 2.45) is 0 Å². The fraction of sp³-hybridized carbons (Fsp3) is 0.100. The number of benzene rings is 4. The Labute approximate surface area is 206 Å². The van der Waals surface area contributed by atoms with Crippen LogP contribution in [0.1, 0.15) is 18.1 Å². The predicted molar refractivity (Wildman–Crippen MR) is 139 cm³/mol. The highest BCUT2D eigenvalue weighted by Crippen LogP contribution is 2.41. The van der Waals surface area contributed by atoms with E-state index >= 15 is 0 Å². The van der Waals surface area contributed by atoms with E-state index < -0.39 is 17.5 Å². The minimum atomic E-state index is -0.718. The third-order valence-corrected chi connectivity index (χ3v) is 6.27. The molecule has 0 spiro atoms. The van der Waals surface area contributed by atoms with Gasteiger partial charge in [-0.15, -0.1) is 0 Å². The minimum Gasteiger partial charge on any atom is -0.496 e. The highest BCUT2D eigenvalue weighted by molar-refractivity contribution is 6.06. The maximum atomic E-state index is 14.0. The van der Waals surface area contributed by atoms with Crippen LogP contribution >= 0.6 is 0 Å². The van der Waals surface area contributed by atoms with E-state index in [1.165, 1.54) is 6.08 Å². The number of furan rings is 1. The van der Waals surface area contributed by atoms with Gasteiger partial charge in [-0.25, -0.2) is 8.78 Å². The number of carbonyl (C=O) groups excluding carboxylic acids is 1. The van der Waals surface area contributed by atoms with Crippen molar-refractivity contribution < 1.29 is 22.7 Å². The van der Waals surface area contributed by atoms with Crippen molar-refractivity contribution in [3.63, 3.8) is 0 Å². The second kappa shape index (κ2) is 9.30. The molecule has 0 aliphatic heterocycles. The third-order valence-electron chi connectivity index (χ3n) is 6.27. The molecular formula is C30H23F2NO3. The molecule has 4 nitrogen and oxygen atoms in total. The van der Waals surface area contributed by atoms with Crippen LogP contribution in [0.4, 0.5) is 14.5 Å². The topological polar surface area (TPSA) is 51.5 Å². The molecule has 0 aliphatic carbocycles. The Morgan fingerprint density at radius 3 is 2.56 bits per heavy atom. The summed E-state index contributed by atoms with van der Waals surface area (Å²) >= 11 is 0. The molecule has 5 rings (SSSR count). The lowest BCUT2D eigenvalue weighted by molar-refractivity contribution is -0.111. The SMILES string of the molecule is COc1c(/C(C)=C/C(=O)Nc2cc(F)ccc2F)cc2c(-c3ccc4ccccc4c3)coc2c1C. The van der Waals surface area contributed by atoms with Crippen LogP contribution in [-0.2, 0) is 4.79 Å². The molecule has 1 aromatic heterocycles. The molecule has 1 amide bonds. The minimum absolute atomic E-state index is 0.226. The van der Waals surface area contributed by atoms with E-state index in [2.05, 4.69) is 35.6 Å². The number of fused-ring (bicyclic) bond motifs is 2. The average Bonchev–Trinajstić information content (AvgIpc) is 3.30. The number of hydrogen-bond donors (Lipinski definition) is 1. The van der Waals surface area contributed by atoms with Crippen LogP contribution in [0.3, 0.4) is 0 Å². The van der Waals surface area contributed by atoms with Gasteiger partial charge in [-0.1, -0.05) is 36.4 Å². The van der Waals surface area contributed by atoms with Crippen molar-refractivity contribution in [2.45, 2.75) is 13.8 Å². The summed E-state index contributed by atoms with van der Waals surface area (Å²) in [6, 6.07) is 19.2. The number of carbonyl (C=O) groups is 1. The van der Waals surface area contributed by atoms with Gasteiger partial charge >= 0.3 is 0 Å². The molecule has 1 heterocycles. The predicted octanol–water partition coefficient (Wildman–Crippen LogP) is 7.89. The number of rotatable bonds is 5. The van der Waals surface area contributed by atoms with Gasteiger partial charge in [0.25, 0.3) is 0 Å². The number of methoxy groups -OCH3 is 1. The first kappa shape index (κ1) is 23.3. The van der Waals surface area contributed by atoms with Crippen LogP contribution in [0.15, 0.2) is 83.5 Å². The van der Waals surface area contributed by atoms with E-state index in [1.807, 2.05) is 25.1 Å². The van der Waals surface area contributed by atoms with Gasteiger partial charge in [0.2, 0.25) is 5.91 Å². The van der Waals surface area contributed by atoms with Crippen molar-refractivity contribution in [1.29, 1.82) is 0 Å². The first-order valence-corrected chi connectivity index (χ1v) is 11.4. The largest absolute Gasteiger partial charge is 0.496 e. The molecule has 36 heavy (non-hydrogen) atoms. The Bertz CT molecular complexity index is 1670. The summed E-state index contributed by atoms with van der Waals surface area (Å²) in [5, 5.41) is 5.54. The lowest BCUT2D eigenvalue weighted by atomic mass is 9.95. The Balaban J connectivity index is 1.58. The zero-order valence-corrected chi connectivity index (χ0v) is 20.0. The van der Waals surface area contributed by atoms with E-state index in [-0.39, 0.29) is 5.69 Å². The highest BCUT2D eigenvalue weighted by Gasteiger charge is 2.19. The zero-order valence-electron chi connectivity index (χ0n) is 20.0. The lowest BCUT2D eigenvalue weighted by Crippen LogP contribution is -2.10. The van der Waals surface area contributed by atoms with Crippen LogP contribution in [0, 0.1) is 18.6 Å². The van der Waals surface area contributed by atoms with Crippen LogP contribution in [0.2, 0.25) is 0 Å². The Morgan fingerprint density at radius 2 is 1.78 bits per heavy atom. The number of aryl methyl sites for hydroxylation is 1. The van der Waals surface area contributed by atoms with E-state index in [1.54, 1.807) is 20.3 Å². The maximum absolute atomic E-state index is 14.0. The van der Waals surface area contributed by atoms with Crippen molar-refractivity contribution in [1.82, 2.24) is 0 Å². The van der Waals surface area contributed by atoms with Gasteiger partial charge in [0.1, 0.15) is 23.0 Å². The zero-order chi connectivity index (χ0) is 25.4.